The van der Waals surface area contributed by atoms with E-state index < -0.39 is 0 Å². The van der Waals surface area contributed by atoms with Crippen LogP contribution in [-0.4, -0.2) is 41.0 Å². The Morgan fingerprint density at radius 3 is 2.60 bits per heavy atom. The monoisotopic (exact) mass is 308 g/mol. The molecule has 108 valence electrons. The lowest BCUT2D eigenvalue weighted by Gasteiger charge is -2.34. The second-order valence-electron chi connectivity index (χ2n) is 5.41. The van der Waals surface area contributed by atoms with Gasteiger partial charge in [-0.3, -0.25) is 4.90 Å². The summed E-state index contributed by atoms with van der Waals surface area (Å²) in [5.74, 6) is 0.538. The number of aromatic nitrogens is 2. The number of piperazine rings is 1. The molecule has 1 aliphatic rings. The van der Waals surface area contributed by atoms with Crippen LogP contribution in [0.5, 0.6) is 0 Å². The van der Waals surface area contributed by atoms with Crippen molar-refractivity contribution >= 4 is 27.8 Å². The minimum atomic E-state index is 0.538. The molecule has 2 aromatic rings. The molecule has 0 bridgehead atoms. The molecular weight excluding hydrogens is 288 g/mol. The van der Waals surface area contributed by atoms with Crippen molar-refractivity contribution in [1.29, 1.82) is 0 Å². The average molecular weight is 308 g/mol. The lowest BCUT2D eigenvalue weighted by molar-refractivity contribution is 0.247. The van der Waals surface area contributed by atoms with E-state index >= 15 is 0 Å². The second-order valence-corrected chi connectivity index (χ2v) is 7.17. The van der Waals surface area contributed by atoms with E-state index in [1.165, 1.54) is 10.7 Å². The maximum Gasteiger partial charge on any atom is 0.185 e. The fourth-order valence-electron chi connectivity index (χ4n) is 2.36. The van der Waals surface area contributed by atoms with Gasteiger partial charge in [0.05, 0.1) is 10.7 Å². The van der Waals surface area contributed by atoms with E-state index in [1.54, 1.807) is 22.7 Å². The lowest BCUT2D eigenvalue weighted by atomic mass is 10.2. The molecule has 0 radical (unpaired) electrons. The maximum absolute atomic E-state index is 4.73. The van der Waals surface area contributed by atoms with Crippen LogP contribution in [0.4, 0.5) is 5.13 Å². The van der Waals surface area contributed by atoms with E-state index in [0.717, 1.165) is 37.9 Å². The summed E-state index contributed by atoms with van der Waals surface area (Å²) in [5.41, 5.74) is 1.22. The van der Waals surface area contributed by atoms with Gasteiger partial charge >= 0.3 is 0 Å². The van der Waals surface area contributed by atoms with Crippen molar-refractivity contribution in [2.75, 3.05) is 31.1 Å². The van der Waals surface area contributed by atoms with Gasteiger partial charge in [-0.05, 0) is 0 Å². The van der Waals surface area contributed by atoms with Gasteiger partial charge in [0.25, 0.3) is 0 Å². The standard InChI is InChI=1S/C14H20N4S2/c1-11(2)13-16-12(10-20-13)9-17-4-6-18(7-5-17)14-15-3-8-19-14/h3,8,10-11H,4-7,9H2,1-2H3. The Morgan fingerprint density at radius 1 is 1.20 bits per heavy atom. The van der Waals surface area contributed by atoms with Crippen molar-refractivity contribution in [3.05, 3.63) is 27.7 Å². The van der Waals surface area contributed by atoms with Crippen molar-refractivity contribution in [3.8, 4) is 0 Å². The van der Waals surface area contributed by atoms with Gasteiger partial charge in [0.15, 0.2) is 5.13 Å². The van der Waals surface area contributed by atoms with Crippen molar-refractivity contribution in [3.63, 3.8) is 0 Å². The molecule has 6 heteroatoms. The Kier molecular flexibility index (Phi) is 4.33. The second kappa shape index (κ2) is 6.20. The maximum atomic E-state index is 4.73. The summed E-state index contributed by atoms with van der Waals surface area (Å²) in [6.45, 7) is 9.70. The Bertz CT molecular complexity index is 527. The molecule has 0 aliphatic carbocycles. The number of anilines is 1. The zero-order chi connectivity index (χ0) is 13.9. The van der Waals surface area contributed by atoms with Crippen LogP contribution in [0, 0.1) is 0 Å². The van der Waals surface area contributed by atoms with Gasteiger partial charge in [-0.15, -0.1) is 22.7 Å². The zero-order valence-electron chi connectivity index (χ0n) is 12.0. The van der Waals surface area contributed by atoms with Crippen LogP contribution in [0.1, 0.15) is 30.5 Å². The summed E-state index contributed by atoms with van der Waals surface area (Å²) in [4.78, 5) is 14.0. The molecule has 1 aliphatic heterocycles. The summed E-state index contributed by atoms with van der Waals surface area (Å²) in [6, 6.07) is 0. The first-order chi connectivity index (χ1) is 9.72. The molecule has 0 spiro atoms. The van der Waals surface area contributed by atoms with E-state index in [2.05, 4.69) is 34.0 Å². The average Bonchev–Trinajstić information content (AvgIpc) is 3.10. The smallest absolute Gasteiger partial charge is 0.185 e. The Hall–Kier alpha value is -0.980. The fourth-order valence-corrected chi connectivity index (χ4v) is 3.88. The topological polar surface area (TPSA) is 32.3 Å². The number of nitrogens with zero attached hydrogens (tertiary/aromatic N) is 4. The predicted octanol–water partition coefficient (Wildman–Crippen LogP) is 3.05. The summed E-state index contributed by atoms with van der Waals surface area (Å²) >= 11 is 3.52. The first kappa shape index (κ1) is 14.0. The molecular formula is C14H20N4S2. The molecule has 20 heavy (non-hydrogen) atoms. The SMILES string of the molecule is CC(C)c1nc(CN2CCN(c3nccs3)CC2)cs1. The van der Waals surface area contributed by atoms with Crippen molar-refractivity contribution < 1.29 is 0 Å². The molecule has 0 saturated carbocycles. The fraction of sp³-hybridized carbons (Fsp3) is 0.571. The number of thiazole rings is 2. The quantitative estimate of drug-likeness (QED) is 0.869. The number of hydrogen-bond donors (Lipinski definition) is 0. The normalized spacial score (nSPS) is 17.1. The van der Waals surface area contributed by atoms with Crippen LogP contribution in [0.15, 0.2) is 17.0 Å². The molecule has 0 N–H and O–H groups in total. The van der Waals surface area contributed by atoms with Gasteiger partial charge in [0, 0.05) is 55.6 Å². The van der Waals surface area contributed by atoms with Crippen molar-refractivity contribution in [1.82, 2.24) is 14.9 Å². The third kappa shape index (κ3) is 3.19. The van der Waals surface area contributed by atoms with Crippen LogP contribution >= 0.6 is 22.7 Å². The third-order valence-corrected chi connectivity index (χ3v) is 5.54. The summed E-state index contributed by atoms with van der Waals surface area (Å²) in [7, 11) is 0. The Labute approximate surface area is 128 Å². The summed E-state index contributed by atoms with van der Waals surface area (Å²) in [5, 5.41) is 6.66. The van der Waals surface area contributed by atoms with Crippen LogP contribution < -0.4 is 4.90 Å². The summed E-state index contributed by atoms with van der Waals surface area (Å²) < 4.78 is 0. The van der Waals surface area contributed by atoms with Gasteiger partial charge in [-0.2, -0.15) is 0 Å². The molecule has 0 amide bonds. The van der Waals surface area contributed by atoms with E-state index in [1.807, 2.05) is 11.6 Å². The minimum absolute atomic E-state index is 0.538. The van der Waals surface area contributed by atoms with Crippen LogP contribution in [0.3, 0.4) is 0 Å². The highest BCUT2D eigenvalue weighted by molar-refractivity contribution is 7.13. The first-order valence-corrected chi connectivity index (χ1v) is 8.79. The number of hydrogen-bond acceptors (Lipinski definition) is 6. The summed E-state index contributed by atoms with van der Waals surface area (Å²) in [6.07, 6.45) is 1.88. The molecule has 2 aromatic heterocycles. The van der Waals surface area contributed by atoms with Crippen LogP contribution in [-0.2, 0) is 6.54 Å². The highest BCUT2D eigenvalue weighted by atomic mass is 32.1. The molecule has 0 unspecified atom stereocenters. The predicted molar refractivity (Wildman–Crippen MR) is 85.8 cm³/mol. The number of rotatable bonds is 4. The van der Waals surface area contributed by atoms with Gasteiger partial charge in [-0.25, -0.2) is 9.97 Å². The molecule has 3 heterocycles. The molecule has 1 fully saturated rings. The molecule has 3 rings (SSSR count). The van der Waals surface area contributed by atoms with E-state index in [9.17, 15) is 0 Å². The van der Waals surface area contributed by atoms with Crippen molar-refractivity contribution in [2.45, 2.75) is 26.3 Å². The van der Waals surface area contributed by atoms with E-state index in [0.29, 0.717) is 5.92 Å². The minimum Gasteiger partial charge on any atom is -0.346 e. The highest BCUT2D eigenvalue weighted by Gasteiger charge is 2.19. The van der Waals surface area contributed by atoms with Crippen molar-refractivity contribution in [2.24, 2.45) is 0 Å². The van der Waals surface area contributed by atoms with Gasteiger partial charge in [0.1, 0.15) is 0 Å². The van der Waals surface area contributed by atoms with Gasteiger partial charge < -0.3 is 4.90 Å². The molecule has 4 nitrogen and oxygen atoms in total. The molecule has 0 aromatic carbocycles. The van der Waals surface area contributed by atoms with E-state index in [4.69, 9.17) is 4.98 Å². The molecule has 0 atom stereocenters. The zero-order valence-corrected chi connectivity index (χ0v) is 13.6. The third-order valence-electron chi connectivity index (χ3n) is 3.51. The lowest BCUT2D eigenvalue weighted by Crippen LogP contribution is -2.46. The van der Waals surface area contributed by atoms with Crippen LogP contribution in [0.2, 0.25) is 0 Å². The molecule has 1 saturated heterocycles. The van der Waals surface area contributed by atoms with Crippen LogP contribution in [0.25, 0.3) is 0 Å². The Morgan fingerprint density at radius 2 is 2.00 bits per heavy atom. The largest absolute Gasteiger partial charge is 0.346 e. The Balaban J connectivity index is 1.53. The first-order valence-electron chi connectivity index (χ1n) is 7.03. The van der Waals surface area contributed by atoms with Gasteiger partial charge in [0.2, 0.25) is 0 Å². The van der Waals surface area contributed by atoms with Gasteiger partial charge in [-0.1, -0.05) is 13.8 Å². The highest BCUT2D eigenvalue weighted by Crippen LogP contribution is 2.22. The van der Waals surface area contributed by atoms with E-state index in [-0.39, 0.29) is 0 Å².